The highest BCUT2D eigenvalue weighted by Gasteiger charge is 2.31. The number of carbonyl (C=O) groups excluding carboxylic acids is 2. The number of rotatable bonds is 5. The van der Waals surface area contributed by atoms with Gasteiger partial charge in [0.2, 0.25) is 11.8 Å². The Morgan fingerprint density at radius 3 is 2.80 bits per heavy atom. The van der Waals surface area contributed by atoms with E-state index in [9.17, 15) is 9.59 Å². The molecule has 2 atom stereocenters. The summed E-state index contributed by atoms with van der Waals surface area (Å²) in [6, 6.07) is -0.641. The Morgan fingerprint density at radius 2 is 2.15 bits per heavy atom. The van der Waals surface area contributed by atoms with Crippen molar-refractivity contribution in [3.63, 3.8) is 0 Å². The van der Waals surface area contributed by atoms with Gasteiger partial charge in [-0.3, -0.25) is 14.5 Å². The molecule has 2 aliphatic rings. The molecule has 114 valence electrons. The van der Waals surface area contributed by atoms with Gasteiger partial charge in [-0.05, 0) is 6.92 Å². The van der Waals surface area contributed by atoms with Crippen molar-refractivity contribution in [2.24, 2.45) is 5.73 Å². The van der Waals surface area contributed by atoms with E-state index in [1.807, 2.05) is 4.90 Å². The van der Waals surface area contributed by atoms with Crippen molar-refractivity contribution in [2.45, 2.75) is 25.4 Å². The summed E-state index contributed by atoms with van der Waals surface area (Å²) >= 11 is 0. The SMILES string of the molecule is CC(N)C(=O)NC1CC(=O)N(CCN2CCOCC2)C1. The van der Waals surface area contributed by atoms with Crippen LogP contribution in [0.2, 0.25) is 0 Å². The summed E-state index contributed by atoms with van der Waals surface area (Å²) in [5.74, 6) is -0.0916. The maximum atomic E-state index is 11.9. The summed E-state index contributed by atoms with van der Waals surface area (Å²) in [6.07, 6.45) is 0.377. The van der Waals surface area contributed by atoms with Crippen LogP contribution in [0, 0.1) is 0 Å². The first-order valence-electron chi connectivity index (χ1n) is 7.20. The fraction of sp³-hybridized carbons (Fsp3) is 0.846. The van der Waals surface area contributed by atoms with Crippen LogP contribution in [0.15, 0.2) is 0 Å². The zero-order valence-corrected chi connectivity index (χ0v) is 12.0. The van der Waals surface area contributed by atoms with Gasteiger partial charge in [0.25, 0.3) is 0 Å². The minimum Gasteiger partial charge on any atom is -0.379 e. The molecule has 0 aromatic rings. The lowest BCUT2D eigenvalue weighted by Gasteiger charge is -2.28. The Balaban J connectivity index is 1.73. The highest BCUT2D eigenvalue weighted by molar-refractivity contribution is 5.84. The molecule has 2 aliphatic heterocycles. The van der Waals surface area contributed by atoms with Crippen molar-refractivity contribution in [1.29, 1.82) is 0 Å². The lowest BCUT2D eigenvalue weighted by atomic mass is 10.2. The number of hydrogen-bond donors (Lipinski definition) is 2. The second kappa shape index (κ2) is 7.01. The molecule has 2 rings (SSSR count). The summed E-state index contributed by atoms with van der Waals surface area (Å²) in [6.45, 7) is 7.18. The molecule has 0 bridgehead atoms. The molecule has 0 aliphatic carbocycles. The number of carbonyl (C=O) groups is 2. The third-order valence-corrected chi connectivity index (χ3v) is 3.76. The second-order valence-electron chi connectivity index (χ2n) is 5.49. The Hall–Kier alpha value is -1.18. The minimum atomic E-state index is -0.535. The van der Waals surface area contributed by atoms with Crippen LogP contribution in [0.5, 0.6) is 0 Å². The minimum absolute atomic E-state index is 0.105. The summed E-state index contributed by atoms with van der Waals surface area (Å²) in [5, 5.41) is 2.82. The molecular formula is C13H24N4O3. The fourth-order valence-electron chi connectivity index (χ4n) is 2.50. The van der Waals surface area contributed by atoms with Crippen LogP contribution in [0.3, 0.4) is 0 Å². The predicted octanol–water partition coefficient (Wildman–Crippen LogP) is -1.62. The molecule has 0 spiro atoms. The molecule has 2 amide bonds. The number of nitrogens with two attached hydrogens (primary N) is 1. The van der Waals surface area contributed by atoms with E-state index in [0.29, 0.717) is 19.5 Å². The van der Waals surface area contributed by atoms with Crippen molar-refractivity contribution >= 4 is 11.8 Å². The number of nitrogens with zero attached hydrogens (tertiary/aromatic N) is 2. The first-order valence-corrected chi connectivity index (χ1v) is 7.20. The van der Waals surface area contributed by atoms with E-state index < -0.39 is 6.04 Å². The lowest BCUT2D eigenvalue weighted by Crippen LogP contribution is -2.45. The smallest absolute Gasteiger partial charge is 0.236 e. The van der Waals surface area contributed by atoms with E-state index in [0.717, 1.165) is 32.8 Å². The third-order valence-electron chi connectivity index (χ3n) is 3.76. The van der Waals surface area contributed by atoms with Crippen LogP contribution >= 0.6 is 0 Å². The second-order valence-corrected chi connectivity index (χ2v) is 5.49. The molecule has 0 aromatic heterocycles. The Labute approximate surface area is 119 Å². The first-order chi connectivity index (χ1) is 9.56. The molecule has 0 radical (unpaired) electrons. The number of amides is 2. The van der Waals surface area contributed by atoms with E-state index in [1.54, 1.807) is 6.92 Å². The average Bonchev–Trinajstić information content (AvgIpc) is 2.77. The molecule has 20 heavy (non-hydrogen) atoms. The molecule has 2 unspecified atom stereocenters. The van der Waals surface area contributed by atoms with Gasteiger partial charge < -0.3 is 20.7 Å². The number of morpholine rings is 1. The van der Waals surface area contributed by atoms with Gasteiger partial charge in [-0.15, -0.1) is 0 Å². The van der Waals surface area contributed by atoms with Gasteiger partial charge in [-0.2, -0.15) is 0 Å². The van der Waals surface area contributed by atoms with Gasteiger partial charge >= 0.3 is 0 Å². The van der Waals surface area contributed by atoms with Crippen LogP contribution in [-0.2, 0) is 14.3 Å². The summed E-state index contributed by atoms with van der Waals surface area (Å²) < 4.78 is 5.29. The number of ether oxygens (including phenoxy) is 1. The highest BCUT2D eigenvalue weighted by atomic mass is 16.5. The van der Waals surface area contributed by atoms with Crippen molar-refractivity contribution < 1.29 is 14.3 Å². The maximum absolute atomic E-state index is 11.9. The Kier molecular flexibility index (Phi) is 5.33. The van der Waals surface area contributed by atoms with Gasteiger partial charge in [0.05, 0.1) is 25.3 Å². The quantitative estimate of drug-likeness (QED) is 0.634. The highest BCUT2D eigenvalue weighted by Crippen LogP contribution is 2.11. The van der Waals surface area contributed by atoms with E-state index in [4.69, 9.17) is 10.5 Å². The largest absolute Gasteiger partial charge is 0.379 e. The van der Waals surface area contributed by atoms with E-state index in [-0.39, 0.29) is 17.9 Å². The van der Waals surface area contributed by atoms with E-state index in [2.05, 4.69) is 10.2 Å². The van der Waals surface area contributed by atoms with Crippen LogP contribution < -0.4 is 11.1 Å². The van der Waals surface area contributed by atoms with Crippen molar-refractivity contribution in [3.8, 4) is 0 Å². The van der Waals surface area contributed by atoms with Crippen molar-refractivity contribution in [2.75, 3.05) is 45.9 Å². The molecule has 2 heterocycles. The van der Waals surface area contributed by atoms with E-state index >= 15 is 0 Å². The number of nitrogens with one attached hydrogen (secondary N) is 1. The molecule has 2 saturated heterocycles. The predicted molar refractivity (Wildman–Crippen MR) is 74.0 cm³/mol. The monoisotopic (exact) mass is 284 g/mol. The summed E-state index contributed by atoms with van der Waals surface area (Å²) in [7, 11) is 0. The number of hydrogen-bond acceptors (Lipinski definition) is 5. The van der Waals surface area contributed by atoms with E-state index in [1.165, 1.54) is 0 Å². The molecule has 7 nitrogen and oxygen atoms in total. The third kappa shape index (κ3) is 4.16. The first kappa shape index (κ1) is 15.2. The molecule has 0 saturated carbocycles. The van der Waals surface area contributed by atoms with Gasteiger partial charge in [0.15, 0.2) is 0 Å². The van der Waals surface area contributed by atoms with Gasteiger partial charge in [-0.1, -0.05) is 0 Å². The van der Waals surface area contributed by atoms with Crippen LogP contribution in [0.25, 0.3) is 0 Å². The number of likely N-dealkylation sites (tertiary alicyclic amines) is 1. The molecule has 7 heteroatoms. The van der Waals surface area contributed by atoms with Crippen molar-refractivity contribution in [1.82, 2.24) is 15.1 Å². The normalized spacial score (nSPS) is 25.8. The van der Waals surface area contributed by atoms with Crippen LogP contribution in [0.4, 0.5) is 0 Å². The molecular weight excluding hydrogens is 260 g/mol. The van der Waals surface area contributed by atoms with Crippen molar-refractivity contribution in [3.05, 3.63) is 0 Å². The standard InChI is InChI=1S/C13H24N4O3/c1-10(14)13(19)15-11-8-12(18)17(9-11)3-2-16-4-6-20-7-5-16/h10-11H,2-9,14H2,1H3,(H,15,19). The molecule has 0 aromatic carbocycles. The van der Waals surface area contributed by atoms with Gasteiger partial charge in [0, 0.05) is 39.1 Å². The average molecular weight is 284 g/mol. The fourth-order valence-corrected chi connectivity index (χ4v) is 2.50. The lowest BCUT2D eigenvalue weighted by molar-refractivity contribution is -0.128. The molecule has 3 N–H and O–H groups in total. The Bertz CT molecular complexity index is 356. The van der Waals surface area contributed by atoms with Crippen LogP contribution in [0.1, 0.15) is 13.3 Å². The zero-order valence-electron chi connectivity index (χ0n) is 12.0. The zero-order chi connectivity index (χ0) is 14.5. The maximum Gasteiger partial charge on any atom is 0.236 e. The van der Waals surface area contributed by atoms with Gasteiger partial charge in [-0.25, -0.2) is 0 Å². The molecule has 2 fully saturated rings. The topological polar surface area (TPSA) is 87.9 Å². The Morgan fingerprint density at radius 1 is 1.45 bits per heavy atom. The van der Waals surface area contributed by atoms with Gasteiger partial charge in [0.1, 0.15) is 0 Å². The summed E-state index contributed by atoms with van der Waals surface area (Å²) in [4.78, 5) is 27.6. The summed E-state index contributed by atoms with van der Waals surface area (Å²) in [5.41, 5.74) is 5.51. The van der Waals surface area contributed by atoms with Crippen LogP contribution in [-0.4, -0.2) is 79.6 Å².